The first-order chi connectivity index (χ1) is 10.6. The Hall–Kier alpha value is -1.53. The topological polar surface area (TPSA) is 47.6 Å². The van der Waals surface area contributed by atoms with E-state index < -0.39 is 11.6 Å². The molecule has 0 unspecified atom stereocenters. The van der Waals surface area contributed by atoms with Crippen molar-refractivity contribution in [2.24, 2.45) is 11.8 Å². The quantitative estimate of drug-likeness (QED) is 0.900. The van der Waals surface area contributed by atoms with Crippen molar-refractivity contribution in [2.45, 2.75) is 25.0 Å². The van der Waals surface area contributed by atoms with Gasteiger partial charge in [-0.1, -0.05) is 12.1 Å². The van der Waals surface area contributed by atoms with Crippen LogP contribution in [0.1, 0.15) is 12.0 Å². The van der Waals surface area contributed by atoms with E-state index >= 15 is 0 Å². The minimum Gasteiger partial charge on any atom is -0.384 e. The molecule has 1 heterocycles. The minimum absolute atomic E-state index is 0.0171. The first-order valence-electron chi connectivity index (χ1n) is 7.44. The van der Waals surface area contributed by atoms with Gasteiger partial charge in [0.1, 0.15) is 0 Å². The summed E-state index contributed by atoms with van der Waals surface area (Å²) >= 11 is 0. The molecule has 1 aromatic carbocycles. The molecule has 1 N–H and O–H groups in total. The Kier molecular flexibility index (Phi) is 4.40. The van der Waals surface area contributed by atoms with Crippen LogP contribution in [0.3, 0.4) is 0 Å². The van der Waals surface area contributed by atoms with Crippen LogP contribution in [-0.2, 0) is 20.7 Å². The Morgan fingerprint density at radius 1 is 1.45 bits per heavy atom. The monoisotopic (exact) mass is 311 g/mol. The third-order valence-corrected chi connectivity index (χ3v) is 4.60. The van der Waals surface area contributed by atoms with Gasteiger partial charge in [-0.25, -0.2) is 8.78 Å². The number of nitrogens with one attached hydrogen (secondary N) is 1. The second-order valence-corrected chi connectivity index (χ2v) is 5.89. The minimum atomic E-state index is -0.957. The zero-order valence-corrected chi connectivity index (χ0v) is 12.4. The number of carbonyl (C=O) groups excluding carboxylic acids is 1. The van der Waals surface area contributed by atoms with Crippen LogP contribution < -0.4 is 5.32 Å². The molecule has 1 aliphatic carbocycles. The fourth-order valence-electron chi connectivity index (χ4n) is 3.53. The number of benzene rings is 1. The van der Waals surface area contributed by atoms with Crippen LogP contribution in [0.5, 0.6) is 0 Å². The summed E-state index contributed by atoms with van der Waals surface area (Å²) in [5, 5.41) is 2.93. The zero-order valence-electron chi connectivity index (χ0n) is 12.4. The maximum atomic E-state index is 13.6. The van der Waals surface area contributed by atoms with Gasteiger partial charge in [-0.2, -0.15) is 0 Å². The van der Waals surface area contributed by atoms with E-state index in [9.17, 15) is 13.6 Å². The van der Waals surface area contributed by atoms with Crippen molar-refractivity contribution in [3.05, 3.63) is 35.4 Å². The highest BCUT2D eigenvalue weighted by Gasteiger charge is 2.54. The van der Waals surface area contributed by atoms with Crippen LogP contribution >= 0.6 is 0 Å². The summed E-state index contributed by atoms with van der Waals surface area (Å²) in [6, 6.07) is 3.85. The van der Waals surface area contributed by atoms with Gasteiger partial charge in [0.15, 0.2) is 11.6 Å². The van der Waals surface area contributed by atoms with Crippen molar-refractivity contribution in [1.82, 2.24) is 5.32 Å². The average molecular weight is 311 g/mol. The van der Waals surface area contributed by atoms with Gasteiger partial charge in [-0.05, 0) is 12.5 Å². The van der Waals surface area contributed by atoms with Crippen molar-refractivity contribution in [3.8, 4) is 0 Å². The van der Waals surface area contributed by atoms with Gasteiger partial charge in [-0.15, -0.1) is 0 Å². The highest BCUT2D eigenvalue weighted by molar-refractivity contribution is 5.79. The highest BCUT2D eigenvalue weighted by atomic mass is 19.2. The molecule has 0 aromatic heterocycles. The Morgan fingerprint density at radius 2 is 2.27 bits per heavy atom. The zero-order chi connectivity index (χ0) is 15.7. The Bertz CT molecular complexity index is 566. The van der Waals surface area contributed by atoms with Crippen molar-refractivity contribution in [2.75, 3.05) is 20.3 Å². The van der Waals surface area contributed by atoms with Crippen molar-refractivity contribution in [3.63, 3.8) is 0 Å². The maximum Gasteiger partial charge on any atom is 0.224 e. The predicted octanol–water partition coefficient (Wildman–Crippen LogP) is 1.67. The molecule has 1 saturated carbocycles. The summed E-state index contributed by atoms with van der Waals surface area (Å²) < 4.78 is 37.6. The lowest BCUT2D eigenvalue weighted by Crippen LogP contribution is -2.63. The molecular formula is C16H19F2NO3. The van der Waals surface area contributed by atoms with Crippen molar-refractivity contribution >= 4 is 5.91 Å². The molecule has 22 heavy (non-hydrogen) atoms. The van der Waals surface area contributed by atoms with Crippen LogP contribution in [0.4, 0.5) is 8.78 Å². The number of methoxy groups -OCH3 is 1. The molecule has 4 nitrogen and oxygen atoms in total. The first kappa shape index (κ1) is 15.4. The summed E-state index contributed by atoms with van der Waals surface area (Å²) in [7, 11) is 1.61. The van der Waals surface area contributed by atoms with E-state index in [2.05, 4.69) is 5.32 Å². The first-order valence-corrected chi connectivity index (χ1v) is 7.44. The number of ether oxygens (including phenoxy) is 2. The lowest BCUT2D eigenvalue weighted by Gasteiger charge is -2.47. The van der Waals surface area contributed by atoms with E-state index in [0.29, 0.717) is 19.1 Å². The van der Waals surface area contributed by atoms with Crippen molar-refractivity contribution in [1.29, 1.82) is 0 Å². The van der Waals surface area contributed by atoms with E-state index in [-0.39, 0.29) is 36.0 Å². The summed E-state index contributed by atoms with van der Waals surface area (Å²) in [5.74, 6) is -1.78. The largest absolute Gasteiger partial charge is 0.384 e. The summed E-state index contributed by atoms with van der Waals surface area (Å²) in [6.45, 7) is 1.21. The number of rotatable bonds is 5. The molecule has 1 amide bonds. The van der Waals surface area contributed by atoms with Gasteiger partial charge < -0.3 is 14.8 Å². The average Bonchev–Trinajstić information content (AvgIpc) is 2.92. The SMILES string of the molecule is COC[C@H]1[C@@H](NC(=O)Cc2cccc(F)c2F)[C@H]2CCO[C@H]21. The number of halogens is 2. The predicted molar refractivity (Wildman–Crippen MR) is 75.2 cm³/mol. The van der Waals surface area contributed by atoms with E-state index in [4.69, 9.17) is 9.47 Å². The van der Waals surface area contributed by atoms with E-state index in [1.165, 1.54) is 12.1 Å². The van der Waals surface area contributed by atoms with Crippen LogP contribution in [0, 0.1) is 23.5 Å². The third-order valence-electron chi connectivity index (χ3n) is 4.60. The maximum absolute atomic E-state index is 13.6. The molecule has 0 bridgehead atoms. The van der Waals surface area contributed by atoms with Crippen LogP contribution in [0.2, 0.25) is 0 Å². The molecule has 0 radical (unpaired) electrons. The molecule has 6 heteroatoms. The van der Waals surface area contributed by atoms with Crippen LogP contribution in [-0.4, -0.2) is 38.4 Å². The van der Waals surface area contributed by atoms with E-state index in [0.717, 1.165) is 12.5 Å². The summed E-state index contributed by atoms with van der Waals surface area (Å²) in [4.78, 5) is 12.1. The van der Waals surface area contributed by atoms with Gasteiger partial charge in [0.05, 0.1) is 19.1 Å². The summed E-state index contributed by atoms with van der Waals surface area (Å²) in [6.07, 6.45) is 0.874. The fraction of sp³-hybridized carbons (Fsp3) is 0.562. The van der Waals surface area contributed by atoms with Gasteiger partial charge in [-0.3, -0.25) is 4.79 Å². The van der Waals surface area contributed by atoms with Crippen LogP contribution in [0.15, 0.2) is 18.2 Å². The van der Waals surface area contributed by atoms with Gasteiger partial charge in [0.25, 0.3) is 0 Å². The van der Waals surface area contributed by atoms with Gasteiger partial charge >= 0.3 is 0 Å². The highest BCUT2D eigenvalue weighted by Crippen LogP contribution is 2.43. The van der Waals surface area contributed by atoms with E-state index in [1.54, 1.807) is 7.11 Å². The van der Waals surface area contributed by atoms with Crippen LogP contribution in [0.25, 0.3) is 0 Å². The second kappa shape index (κ2) is 6.30. The molecule has 4 atom stereocenters. The number of amides is 1. The number of carbonyl (C=O) groups is 1. The molecule has 2 fully saturated rings. The Balaban J connectivity index is 1.62. The van der Waals surface area contributed by atoms with E-state index in [1.807, 2.05) is 0 Å². The molecule has 1 saturated heterocycles. The van der Waals surface area contributed by atoms with Gasteiger partial charge in [0.2, 0.25) is 5.91 Å². The summed E-state index contributed by atoms with van der Waals surface area (Å²) in [5.41, 5.74) is 0.0688. The Morgan fingerprint density at radius 3 is 3.05 bits per heavy atom. The molecule has 1 aliphatic heterocycles. The second-order valence-electron chi connectivity index (χ2n) is 5.89. The smallest absolute Gasteiger partial charge is 0.224 e. The number of hydrogen-bond acceptors (Lipinski definition) is 3. The molecule has 0 spiro atoms. The standard InChI is InChI=1S/C16H19F2NO3/c1-21-8-11-15(10-5-6-22-16(10)11)19-13(20)7-9-3-2-4-12(17)14(9)18/h2-4,10-11,15-16H,5-8H2,1H3,(H,19,20)/t10-,11+,15+,16-/m1/s1. The number of hydrogen-bond donors (Lipinski definition) is 1. The molecule has 1 aromatic rings. The lowest BCUT2D eigenvalue weighted by molar-refractivity contribution is -0.129. The lowest BCUT2D eigenvalue weighted by atomic mass is 9.67. The molecular weight excluding hydrogens is 292 g/mol. The normalized spacial score (nSPS) is 29.8. The van der Waals surface area contributed by atoms with Gasteiger partial charge in [0, 0.05) is 37.2 Å². The molecule has 120 valence electrons. The third kappa shape index (κ3) is 2.73. The van der Waals surface area contributed by atoms with Crippen molar-refractivity contribution < 1.29 is 23.0 Å². The fourth-order valence-corrected chi connectivity index (χ4v) is 3.53. The molecule has 3 rings (SSSR count). The molecule has 2 aliphatic rings. The number of fused-ring (bicyclic) bond motifs is 1. The Labute approximate surface area is 127 Å².